The maximum Gasteiger partial charge on any atom is 0.341 e. The Morgan fingerprint density at radius 1 is 1.27 bits per heavy atom. The van der Waals surface area contributed by atoms with Gasteiger partial charge in [0.1, 0.15) is 22.0 Å². The van der Waals surface area contributed by atoms with Gasteiger partial charge in [0.05, 0.1) is 6.61 Å². The average molecular weight is 396 g/mol. The number of hydrogen-bond donors (Lipinski definition) is 2. The third-order valence-electron chi connectivity index (χ3n) is 3.52. The zero-order valence-electron chi connectivity index (χ0n) is 14.5. The average Bonchev–Trinajstić information content (AvgIpc) is 3.25. The number of aryl methyl sites for hydroxylation is 1. The number of anilines is 1. The van der Waals surface area contributed by atoms with Crippen molar-refractivity contribution >= 4 is 45.5 Å². The summed E-state index contributed by atoms with van der Waals surface area (Å²) in [6.45, 7) is 1.63. The molecular formula is C17H20N2O5S2. The summed E-state index contributed by atoms with van der Waals surface area (Å²) in [5.74, 6) is -1.46. The Balaban J connectivity index is 2.13. The second-order valence-electron chi connectivity index (χ2n) is 5.24. The topological polar surface area (TPSA) is 108 Å². The van der Waals surface area contributed by atoms with Crippen LogP contribution in [0.25, 0.3) is 0 Å². The molecule has 7 nitrogen and oxygen atoms in total. The van der Waals surface area contributed by atoms with Crippen molar-refractivity contribution in [1.82, 2.24) is 5.32 Å². The van der Waals surface area contributed by atoms with Crippen molar-refractivity contribution in [3.05, 3.63) is 38.4 Å². The van der Waals surface area contributed by atoms with E-state index in [4.69, 9.17) is 15.2 Å². The second-order valence-corrected chi connectivity index (χ2v) is 7.07. The third-order valence-corrected chi connectivity index (χ3v) is 5.31. The van der Waals surface area contributed by atoms with Gasteiger partial charge in [-0.05, 0) is 35.7 Å². The Morgan fingerprint density at radius 3 is 2.65 bits per heavy atom. The molecule has 3 N–H and O–H groups in total. The number of ether oxygens (including phenoxy) is 2. The summed E-state index contributed by atoms with van der Waals surface area (Å²) in [6.07, 6.45) is 0.779. The van der Waals surface area contributed by atoms with Crippen LogP contribution in [0.5, 0.6) is 0 Å². The van der Waals surface area contributed by atoms with Crippen LogP contribution in [0.2, 0.25) is 0 Å². The minimum atomic E-state index is -0.638. The zero-order valence-corrected chi connectivity index (χ0v) is 16.1. The molecule has 140 valence electrons. The van der Waals surface area contributed by atoms with Gasteiger partial charge < -0.3 is 20.5 Å². The molecule has 0 atom stereocenters. The van der Waals surface area contributed by atoms with Crippen LogP contribution in [0, 0.1) is 0 Å². The normalized spacial score (nSPS) is 10.4. The molecule has 2 aromatic heterocycles. The van der Waals surface area contributed by atoms with E-state index in [0.29, 0.717) is 6.42 Å². The van der Waals surface area contributed by atoms with Crippen molar-refractivity contribution in [3.63, 3.8) is 0 Å². The molecule has 0 aromatic carbocycles. The lowest BCUT2D eigenvalue weighted by Crippen LogP contribution is -2.19. The maximum atomic E-state index is 12.2. The van der Waals surface area contributed by atoms with E-state index in [-0.39, 0.29) is 40.6 Å². The van der Waals surface area contributed by atoms with Crippen LogP contribution in [0.3, 0.4) is 0 Å². The van der Waals surface area contributed by atoms with Gasteiger partial charge in [0.15, 0.2) is 0 Å². The molecule has 0 unspecified atom stereocenters. The smallest absolute Gasteiger partial charge is 0.341 e. The number of carbonyl (C=O) groups is 3. The summed E-state index contributed by atoms with van der Waals surface area (Å²) in [7, 11) is 1.47. The highest BCUT2D eigenvalue weighted by atomic mass is 32.1. The Hall–Kier alpha value is -2.39. The Bertz CT molecular complexity index is 783. The molecule has 0 radical (unpaired) electrons. The highest BCUT2D eigenvalue weighted by Crippen LogP contribution is 2.32. The number of nitrogens with one attached hydrogen (secondary N) is 1. The number of nitrogens with two attached hydrogens (primary N) is 1. The molecule has 2 aromatic rings. The van der Waals surface area contributed by atoms with Gasteiger partial charge in [0.25, 0.3) is 5.91 Å². The molecular weight excluding hydrogens is 376 g/mol. The first kappa shape index (κ1) is 19.9. The molecule has 0 saturated heterocycles. The Labute approximate surface area is 159 Å². The Morgan fingerprint density at radius 2 is 2.04 bits per heavy atom. The SMILES string of the molecule is CCOC(=O)c1c(N)sc(C(=O)NC)c1COC(=O)CCc1ccsc1. The molecule has 9 heteroatoms. The van der Waals surface area contributed by atoms with Crippen LogP contribution < -0.4 is 11.1 Å². The number of thiophene rings is 2. The number of rotatable bonds is 8. The number of carbonyl (C=O) groups excluding carboxylic acids is 3. The van der Waals surface area contributed by atoms with Gasteiger partial charge in [0.2, 0.25) is 0 Å². The number of hydrogen-bond acceptors (Lipinski definition) is 8. The van der Waals surface area contributed by atoms with Gasteiger partial charge in [-0.25, -0.2) is 4.79 Å². The fourth-order valence-electron chi connectivity index (χ4n) is 2.25. The minimum absolute atomic E-state index is 0.0843. The van der Waals surface area contributed by atoms with Gasteiger partial charge in [0, 0.05) is 19.0 Å². The summed E-state index contributed by atoms with van der Waals surface area (Å²) in [5, 5.41) is 6.56. The van der Waals surface area contributed by atoms with Gasteiger partial charge in [-0.2, -0.15) is 11.3 Å². The number of amides is 1. The molecule has 2 heterocycles. The molecule has 0 aliphatic rings. The lowest BCUT2D eigenvalue weighted by Gasteiger charge is -2.08. The molecule has 0 bridgehead atoms. The molecule has 0 saturated carbocycles. The van der Waals surface area contributed by atoms with Gasteiger partial charge >= 0.3 is 11.9 Å². The first-order valence-corrected chi connectivity index (χ1v) is 9.70. The van der Waals surface area contributed by atoms with Crippen molar-refractivity contribution in [2.75, 3.05) is 19.4 Å². The summed E-state index contributed by atoms with van der Waals surface area (Å²) >= 11 is 2.53. The first-order chi connectivity index (χ1) is 12.5. The fourth-order valence-corrected chi connectivity index (χ4v) is 3.96. The standard InChI is InChI=1S/C17H20N2O5S2/c1-3-23-17(22)13-11(14(16(21)19-2)26-15(13)18)8-24-12(20)5-4-10-6-7-25-9-10/h6-7,9H,3-5,8,18H2,1-2H3,(H,19,21). The van der Waals surface area contributed by atoms with E-state index in [0.717, 1.165) is 16.9 Å². The van der Waals surface area contributed by atoms with Crippen molar-refractivity contribution in [3.8, 4) is 0 Å². The van der Waals surface area contributed by atoms with Crippen LogP contribution >= 0.6 is 22.7 Å². The van der Waals surface area contributed by atoms with E-state index in [9.17, 15) is 14.4 Å². The molecule has 26 heavy (non-hydrogen) atoms. The number of esters is 2. The quantitative estimate of drug-likeness (QED) is 0.664. The van der Waals surface area contributed by atoms with Crippen LogP contribution in [-0.4, -0.2) is 31.5 Å². The van der Waals surface area contributed by atoms with Crippen LogP contribution in [-0.2, 0) is 27.3 Å². The highest BCUT2D eigenvalue weighted by Gasteiger charge is 2.27. The summed E-state index contributed by atoms with van der Waals surface area (Å²) in [6, 6.07) is 1.94. The van der Waals surface area contributed by atoms with Crippen molar-refractivity contribution in [2.45, 2.75) is 26.4 Å². The summed E-state index contributed by atoms with van der Waals surface area (Å²) in [4.78, 5) is 36.5. The number of nitrogen functional groups attached to an aromatic ring is 1. The molecule has 0 aliphatic heterocycles. The van der Waals surface area contributed by atoms with Gasteiger partial charge in [-0.3, -0.25) is 9.59 Å². The summed E-state index contributed by atoms with van der Waals surface area (Å²) < 4.78 is 10.3. The van der Waals surface area contributed by atoms with Crippen molar-refractivity contribution in [1.29, 1.82) is 0 Å². The summed E-state index contributed by atoms with van der Waals surface area (Å²) in [5.41, 5.74) is 7.31. The second kappa shape index (κ2) is 9.35. The van der Waals surface area contributed by atoms with Crippen LogP contribution in [0.15, 0.2) is 16.8 Å². The lowest BCUT2D eigenvalue weighted by atomic mass is 10.1. The Kier molecular flexibility index (Phi) is 7.16. The minimum Gasteiger partial charge on any atom is -0.462 e. The van der Waals surface area contributed by atoms with E-state index in [1.165, 1.54) is 7.05 Å². The first-order valence-electron chi connectivity index (χ1n) is 7.94. The largest absolute Gasteiger partial charge is 0.462 e. The van der Waals surface area contributed by atoms with E-state index in [2.05, 4.69) is 5.32 Å². The van der Waals surface area contributed by atoms with Crippen LogP contribution in [0.4, 0.5) is 5.00 Å². The van der Waals surface area contributed by atoms with E-state index in [1.807, 2.05) is 16.8 Å². The van der Waals surface area contributed by atoms with Gasteiger partial charge in [-0.15, -0.1) is 11.3 Å². The van der Waals surface area contributed by atoms with Crippen LogP contribution in [0.1, 0.15) is 44.5 Å². The molecule has 1 amide bonds. The molecule has 2 rings (SSSR count). The monoisotopic (exact) mass is 396 g/mol. The highest BCUT2D eigenvalue weighted by molar-refractivity contribution is 7.18. The predicted octanol–water partition coefficient (Wildman–Crippen LogP) is 2.60. The predicted molar refractivity (Wildman–Crippen MR) is 101 cm³/mol. The van der Waals surface area contributed by atoms with E-state index in [1.54, 1.807) is 18.3 Å². The molecule has 0 aliphatic carbocycles. The molecule has 0 fully saturated rings. The van der Waals surface area contributed by atoms with Gasteiger partial charge in [-0.1, -0.05) is 0 Å². The lowest BCUT2D eigenvalue weighted by molar-refractivity contribution is -0.144. The van der Waals surface area contributed by atoms with E-state index < -0.39 is 17.8 Å². The van der Waals surface area contributed by atoms with E-state index >= 15 is 0 Å². The zero-order chi connectivity index (χ0) is 19.1. The molecule has 0 spiro atoms. The van der Waals surface area contributed by atoms with Crippen molar-refractivity contribution in [2.24, 2.45) is 0 Å². The fraction of sp³-hybridized carbons (Fsp3) is 0.353. The van der Waals surface area contributed by atoms with Crippen molar-refractivity contribution < 1.29 is 23.9 Å². The third kappa shape index (κ3) is 4.83. The maximum absolute atomic E-state index is 12.2.